The van der Waals surface area contributed by atoms with Crippen LogP contribution < -0.4 is 0 Å². The first-order valence-corrected chi connectivity index (χ1v) is 9.88. The van der Waals surface area contributed by atoms with Crippen molar-refractivity contribution < 1.29 is 30.3 Å². The topological polar surface area (TPSA) is 66.2 Å². The Morgan fingerprint density at radius 3 is 1.47 bits per heavy atom. The summed E-state index contributed by atoms with van der Waals surface area (Å²) in [6.07, 6.45) is 4.40. The quantitative estimate of drug-likeness (QED) is 0.226. The van der Waals surface area contributed by atoms with Crippen LogP contribution in [0.5, 0.6) is 0 Å². The van der Waals surface area contributed by atoms with Crippen LogP contribution in [0.1, 0.15) is 13.8 Å². The summed E-state index contributed by atoms with van der Waals surface area (Å²) < 4.78 is 0. The van der Waals surface area contributed by atoms with Crippen molar-refractivity contribution in [1.29, 1.82) is 0 Å². The van der Waals surface area contributed by atoms with Crippen molar-refractivity contribution >= 4 is 0 Å². The first-order valence-electron chi connectivity index (χ1n) is 9.88. The van der Waals surface area contributed by atoms with E-state index in [1.54, 1.807) is 19.3 Å². The molecule has 167 valence electrons. The van der Waals surface area contributed by atoms with Crippen LogP contribution >= 0.6 is 0 Å². The smallest absolute Gasteiger partial charge is 0.0877 e. The Kier molecular flexibility index (Phi) is 13.2. The number of hydrogen-bond donors (Lipinski definition) is 2. The molecule has 4 nitrogen and oxygen atoms in total. The van der Waals surface area contributed by atoms with Gasteiger partial charge in [0.15, 0.2) is 0 Å². The number of aliphatic hydroxyl groups is 2. The fourth-order valence-corrected chi connectivity index (χ4v) is 2.50. The molecule has 2 heterocycles. The Labute approximate surface area is 203 Å². The van der Waals surface area contributed by atoms with Gasteiger partial charge in [0.05, 0.1) is 11.9 Å². The Hall–Kier alpha value is -3.11. The molecule has 0 saturated carbocycles. The van der Waals surface area contributed by atoms with E-state index in [1.165, 1.54) is 13.0 Å². The number of nitrogens with zero attached hydrogens (tertiary/aromatic N) is 2. The third-order valence-corrected chi connectivity index (χ3v) is 3.78. The molecule has 1 atom stereocenters. The van der Waals surface area contributed by atoms with Gasteiger partial charge < -0.3 is 20.2 Å². The molecule has 0 saturated heterocycles. The minimum atomic E-state index is -0.537. The summed E-state index contributed by atoms with van der Waals surface area (Å²) in [7, 11) is 0. The molecule has 5 heteroatoms. The second-order valence-electron chi connectivity index (χ2n) is 6.53. The monoisotopic (exact) mass is 603 g/mol. The van der Waals surface area contributed by atoms with Crippen LogP contribution in [0.2, 0.25) is 0 Å². The molecule has 0 aliphatic carbocycles. The summed E-state index contributed by atoms with van der Waals surface area (Å²) in [5.74, 6) is 0.162. The Morgan fingerprint density at radius 1 is 0.781 bits per heavy atom. The summed E-state index contributed by atoms with van der Waals surface area (Å²) in [5, 5.41) is 16.9. The van der Waals surface area contributed by atoms with Crippen LogP contribution in [0, 0.1) is 12.1 Å². The molecule has 4 rings (SSSR count). The van der Waals surface area contributed by atoms with E-state index in [0.717, 1.165) is 22.5 Å². The summed E-state index contributed by atoms with van der Waals surface area (Å²) in [6, 6.07) is 33.6. The third kappa shape index (κ3) is 10.8. The summed E-state index contributed by atoms with van der Waals surface area (Å²) >= 11 is 0. The molecule has 0 amide bonds. The van der Waals surface area contributed by atoms with Crippen molar-refractivity contribution in [2.24, 2.45) is 0 Å². The van der Waals surface area contributed by atoms with Crippen LogP contribution in [0.4, 0.5) is 0 Å². The maximum Gasteiger partial charge on any atom is 0.0877 e. The van der Waals surface area contributed by atoms with Crippen molar-refractivity contribution in [3.05, 3.63) is 121 Å². The number of hydrogen-bond acceptors (Lipinski definition) is 4. The van der Waals surface area contributed by atoms with E-state index in [4.69, 9.17) is 10.2 Å². The SMILES string of the molecule is CC(O)=CC(C)O.[Ir].[c-]1ccccc1-c1ccccn1.[c-]1ccccc1-c1ccccn1. The molecule has 2 N–H and O–H groups in total. The van der Waals surface area contributed by atoms with Crippen LogP contribution in [0.3, 0.4) is 0 Å². The number of allylic oxidation sites excluding steroid dienone is 1. The van der Waals surface area contributed by atoms with Gasteiger partial charge in [-0.2, -0.15) is 0 Å². The molecule has 1 radical (unpaired) electrons. The molecule has 0 spiro atoms. The molecule has 2 aromatic carbocycles. The fourth-order valence-electron chi connectivity index (χ4n) is 2.50. The van der Waals surface area contributed by atoms with Gasteiger partial charge in [0.1, 0.15) is 0 Å². The molecule has 0 bridgehead atoms. The molecule has 0 aliphatic rings. The summed E-state index contributed by atoms with van der Waals surface area (Å²) in [6.45, 7) is 3.10. The molecular weight excluding hydrogens is 577 g/mol. The van der Waals surface area contributed by atoms with Gasteiger partial charge in [-0.1, -0.05) is 24.3 Å². The van der Waals surface area contributed by atoms with Gasteiger partial charge in [0.25, 0.3) is 0 Å². The first-order chi connectivity index (χ1) is 15.1. The van der Waals surface area contributed by atoms with Crippen LogP contribution in [0.15, 0.2) is 109 Å². The van der Waals surface area contributed by atoms with Crippen LogP contribution in [-0.2, 0) is 20.1 Å². The Bertz CT molecular complexity index is 856. The second-order valence-corrected chi connectivity index (χ2v) is 6.53. The van der Waals surface area contributed by atoms with Crippen molar-refractivity contribution in [3.8, 4) is 22.5 Å². The van der Waals surface area contributed by atoms with Crippen molar-refractivity contribution in [3.63, 3.8) is 0 Å². The maximum absolute atomic E-state index is 8.49. The van der Waals surface area contributed by atoms with Gasteiger partial charge >= 0.3 is 0 Å². The third-order valence-electron chi connectivity index (χ3n) is 3.78. The number of benzene rings is 2. The minimum absolute atomic E-state index is 0. The normalized spacial score (nSPS) is 10.9. The average molecular weight is 603 g/mol. The van der Waals surface area contributed by atoms with E-state index < -0.39 is 6.10 Å². The van der Waals surface area contributed by atoms with Gasteiger partial charge in [-0.05, 0) is 43.4 Å². The molecule has 2 aromatic heterocycles. The van der Waals surface area contributed by atoms with Crippen molar-refractivity contribution in [1.82, 2.24) is 9.97 Å². The van der Waals surface area contributed by atoms with Gasteiger partial charge in [0.2, 0.25) is 0 Å². The zero-order valence-electron chi connectivity index (χ0n) is 18.0. The molecule has 4 aromatic rings. The first kappa shape index (κ1) is 26.9. The zero-order chi connectivity index (χ0) is 22.3. The number of rotatable bonds is 3. The van der Waals surface area contributed by atoms with E-state index in [9.17, 15) is 0 Å². The second kappa shape index (κ2) is 15.7. The van der Waals surface area contributed by atoms with Crippen LogP contribution in [0.25, 0.3) is 22.5 Å². The average Bonchev–Trinajstić information content (AvgIpc) is 2.81. The molecule has 0 fully saturated rings. The summed E-state index contributed by atoms with van der Waals surface area (Å²) in [4.78, 5) is 8.44. The summed E-state index contributed by atoms with van der Waals surface area (Å²) in [5.41, 5.74) is 4.02. The van der Waals surface area contributed by atoms with E-state index in [1.807, 2.05) is 84.9 Å². The van der Waals surface area contributed by atoms with Crippen LogP contribution in [-0.4, -0.2) is 26.3 Å². The van der Waals surface area contributed by atoms with E-state index in [2.05, 4.69) is 22.1 Å². The van der Waals surface area contributed by atoms with E-state index >= 15 is 0 Å². The van der Waals surface area contributed by atoms with Crippen molar-refractivity contribution in [2.75, 3.05) is 0 Å². The van der Waals surface area contributed by atoms with E-state index in [0.29, 0.717) is 0 Å². The standard InChI is InChI=1S/2C11H8N.C5H10O2.Ir/c2*1-2-6-10(7-3-1)11-8-4-5-9-12-11;1-4(6)3-5(2)7;/h2*1-6,8-9H;3-4,6-7H,1-2H3;/q2*-1;;. The molecular formula is C27H26IrN2O2-2. The number of aromatic nitrogens is 2. The van der Waals surface area contributed by atoms with Gasteiger partial charge in [-0.3, -0.25) is 0 Å². The Morgan fingerprint density at radius 2 is 1.22 bits per heavy atom. The van der Waals surface area contributed by atoms with Gasteiger partial charge in [0, 0.05) is 32.5 Å². The Balaban J connectivity index is 0.000000246. The molecule has 32 heavy (non-hydrogen) atoms. The fraction of sp³-hybridized carbons (Fsp3) is 0.111. The maximum atomic E-state index is 8.49. The van der Waals surface area contributed by atoms with Crippen molar-refractivity contribution in [2.45, 2.75) is 20.0 Å². The predicted octanol–water partition coefficient (Wildman–Crippen LogP) is 5.92. The zero-order valence-corrected chi connectivity index (χ0v) is 20.4. The predicted molar refractivity (Wildman–Crippen MR) is 125 cm³/mol. The van der Waals surface area contributed by atoms with Gasteiger partial charge in [-0.15, -0.1) is 71.8 Å². The largest absolute Gasteiger partial charge is 0.513 e. The number of pyridine rings is 2. The molecule has 0 aliphatic heterocycles. The minimum Gasteiger partial charge on any atom is -0.513 e. The molecule has 1 unspecified atom stereocenters. The van der Waals surface area contributed by atoms with Gasteiger partial charge in [-0.25, -0.2) is 0 Å². The number of aliphatic hydroxyl groups excluding tert-OH is 2. The van der Waals surface area contributed by atoms with E-state index in [-0.39, 0.29) is 25.9 Å².